The van der Waals surface area contributed by atoms with Gasteiger partial charge in [0.1, 0.15) is 0 Å². The normalized spacial score (nSPS) is 32.5. The molecule has 21 heavy (non-hydrogen) atoms. The zero-order valence-electron chi connectivity index (χ0n) is 13.3. The number of piperidine rings is 1. The summed E-state index contributed by atoms with van der Waals surface area (Å²) in [7, 11) is -1.56. The van der Waals surface area contributed by atoms with Crippen molar-refractivity contribution in [1.29, 1.82) is 0 Å². The summed E-state index contributed by atoms with van der Waals surface area (Å²) in [5.41, 5.74) is 0. The van der Waals surface area contributed by atoms with E-state index < -0.39 is 10.2 Å². The Hall–Kier alpha value is 0.160. The lowest BCUT2D eigenvalue weighted by molar-refractivity contribution is 0.209. The fraction of sp³-hybridized carbons (Fsp3) is 1.00. The topological polar surface area (TPSA) is 40.6 Å². The van der Waals surface area contributed by atoms with E-state index in [-0.39, 0.29) is 6.04 Å². The van der Waals surface area contributed by atoms with Crippen LogP contribution in [0.15, 0.2) is 0 Å². The second kappa shape index (κ2) is 7.62. The third-order valence-electron chi connectivity index (χ3n) is 5.30. The van der Waals surface area contributed by atoms with Crippen LogP contribution in [0, 0.1) is 11.8 Å². The molecule has 0 aromatic rings. The summed E-state index contributed by atoms with van der Waals surface area (Å²) in [6.07, 6.45) is 7.50. The largest absolute Gasteiger partial charge is 0.281 e. The van der Waals surface area contributed by atoms with Gasteiger partial charge in [-0.2, -0.15) is 17.0 Å². The molecule has 6 heteroatoms. The van der Waals surface area contributed by atoms with Gasteiger partial charge in [-0.1, -0.05) is 13.3 Å². The minimum Gasteiger partial charge on any atom is -0.195 e. The molecule has 0 amide bonds. The first-order valence-corrected chi connectivity index (χ1v) is 10.2. The van der Waals surface area contributed by atoms with Crippen LogP contribution in [0.2, 0.25) is 0 Å². The maximum atomic E-state index is 12.8. The van der Waals surface area contributed by atoms with E-state index in [1.165, 1.54) is 6.42 Å². The lowest BCUT2D eigenvalue weighted by atomic mass is 9.85. The summed E-state index contributed by atoms with van der Waals surface area (Å²) in [4.78, 5) is 0. The third-order valence-corrected chi connectivity index (χ3v) is 7.74. The Morgan fingerprint density at radius 3 is 2.38 bits per heavy atom. The SMILES string of the molecule is CCC1CCC(N(C)S(=O)(=O)N2CCCC(CCl)C2)CC1. The van der Waals surface area contributed by atoms with Gasteiger partial charge in [0.05, 0.1) is 0 Å². The van der Waals surface area contributed by atoms with Gasteiger partial charge in [-0.15, -0.1) is 11.6 Å². The number of rotatable bonds is 5. The highest BCUT2D eigenvalue weighted by Gasteiger charge is 2.36. The molecule has 1 aliphatic carbocycles. The van der Waals surface area contributed by atoms with Gasteiger partial charge in [0.2, 0.25) is 0 Å². The maximum absolute atomic E-state index is 12.8. The molecule has 1 aliphatic heterocycles. The average Bonchev–Trinajstić information content (AvgIpc) is 2.54. The second-order valence-electron chi connectivity index (χ2n) is 6.63. The minimum atomic E-state index is -3.32. The average molecular weight is 337 g/mol. The maximum Gasteiger partial charge on any atom is 0.281 e. The standard InChI is InChI=1S/C15H29ClN2O2S/c1-3-13-6-8-15(9-7-13)17(2)21(19,20)18-10-4-5-14(11-16)12-18/h13-15H,3-12H2,1-2H3. The fourth-order valence-corrected chi connectivity index (χ4v) is 5.61. The van der Waals surface area contributed by atoms with E-state index in [4.69, 9.17) is 11.6 Å². The molecule has 1 heterocycles. The van der Waals surface area contributed by atoms with Crippen LogP contribution in [0.25, 0.3) is 0 Å². The van der Waals surface area contributed by atoms with E-state index in [2.05, 4.69) is 6.92 Å². The summed E-state index contributed by atoms with van der Waals surface area (Å²) in [5, 5.41) is 0. The number of alkyl halides is 1. The molecule has 0 spiro atoms. The van der Waals surface area contributed by atoms with Gasteiger partial charge < -0.3 is 0 Å². The van der Waals surface area contributed by atoms with Gasteiger partial charge >= 0.3 is 0 Å². The molecule has 124 valence electrons. The van der Waals surface area contributed by atoms with Gasteiger partial charge in [0.15, 0.2) is 0 Å². The van der Waals surface area contributed by atoms with Crippen LogP contribution in [-0.4, -0.2) is 49.1 Å². The number of nitrogens with zero attached hydrogens (tertiary/aromatic N) is 2. The second-order valence-corrected chi connectivity index (χ2v) is 8.92. The number of halogens is 1. The molecule has 0 bridgehead atoms. The predicted octanol–water partition coefficient (Wildman–Crippen LogP) is 3.08. The quantitative estimate of drug-likeness (QED) is 0.724. The molecule has 0 N–H and O–H groups in total. The highest BCUT2D eigenvalue weighted by Crippen LogP contribution is 2.31. The first-order chi connectivity index (χ1) is 9.98. The van der Waals surface area contributed by atoms with Gasteiger partial charge in [-0.3, -0.25) is 0 Å². The van der Waals surface area contributed by atoms with Gasteiger partial charge in [-0.05, 0) is 50.4 Å². The van der Waals surface area contributed by atoms with Crippen LogP contribution in [0.4, 0.5) is 0 Å². The van der Waals surface area contributed by atoms with Gasteiger partial charge in [-0.25, -0.2) is 0 Å². The van der Waals surface area contributed by atoms with E-state index in [0.717, 1.165) is 44.4 Å². The van der Waals surface area contributed by atoms with Crippen molar-refractivity contribution in [2.24, 2.45) is 11.8 Å². The lowest BCUT2D eigenvalue weighted by Crippen LogP contribution is -2.50. The molecular formula is C15H29ClN2O2S. The summed E-state index contributed by atoms with van der Waals surface area (Å²) in [5.74, 6) is 1.64. The molecule has 2 rings (SSSR count). The zero-order valence-corrected chi connectivity index (χ0v) is 14.9. The molecular weight excluding hydrogens is 308 g/mol. The van der Waals surface area contributed by atoms with Crippen molar-refractivity contribution in [3.63, 3.8) is 0 Å². The Kier molecular flexibility index (Phi) is 6.36. The van der Waals surface area contributed by atoms with Crippen LogP contribution < -0.4 is 0 Å². The molecule has 1 unspecified atom stereocenters. The molecule has 0 aromatic carbocycles. The van der Waals surface area contributed by atoms with Crippen LogP contribution in [0.5, 0.6) is 0 Å². The Bertz CT molecular complexity index is 421. The van der Waals surface area contributed by atoms with Crippen LogP contribution in [0.3, 0.4) is 0 Å². The summed E-state index contributed by atoms with van der Waals surface area (Å²) < 4.78 is 28.9. The van der Waals surface area contributed by atoms with Crippen LogP contribution in [0.1, 0.15) is 51.9 Å². The van der Waals surface area contributed by atoms with E-state index in [0.29, 0.717) is 24.9 Å². The predicted molar refractivity (Wildman–Crippen MR) is 87.7 cm³/mol. The van der Waals surface area contributed by atoms with Crippen molar-refractivity contribution >= 4 is 21.8 Å². The molecule has 1 saturated heterocycles. The van der Waals surface area contributed by atoms with Crippen molar-refractivity contribution in [3.05, 3.63) is 0 Å². The monoisotopic (exact) mass is 336 g/mol. The first-order valence-electron chi connectivity index (χ1n) is 8.28. The summed E-state index contributed by atoms with van der Waals surface area (Å²) in [6, 6.07) is 0.175. The highest BCUT2D eigenvalue weighted by molar-refractivity contribution is 7.86. The van der Waals surface area contributed by atoms with Crippen molar-refractivity contribution in [3.8, 4) is 0 Å². The summed E-state index contributed by atoms with van der Waals surface area (Å²) >= 11 is 5.92. The van der Waals surface area contributed by atoms with E-state index in [9.17, 15) is 8.42 Å². The molecule has 1 saturated carbocycles. The van der Waals surface area contributed by atoms with Crippen molar-refractivity contribution < 1.29 is 8.42 Å². The molecule has 2 fully saturated rings. The Labute approximate surface area is 135 Å². The molecule has 1 atom stereocenters. The van der Waals surface area contributed by atoms with Crippen LogP contribution in [-0.2, 0) is 10.2 Å². The van der Waals surface area contributed by atoms with E-state index >= 15 is 0 Å². The zero-order chi connectivity index (χ0) is 15.5. The van der Waals surface area contributed by atoms with Crippen molar-refractivity contribution in [2.45, 2.75) is 57.9 Å². The van der Waals surface area contributed by atoms with Crippen LogP contribution >= 0.6 is 11.6 Å². The Morgan fingerprint density at radius 1 is 1.14 bits per heavy atom. The van der Waals surface area contributed by atoms with E-state index in [1.807, 2.05) is 0 Å². The van der Waals surface area contributed by atoms with Crippen molar-refractivity contribution in [1.82, 2.24) is 8.61 Å². The molecule has 2 aliphatic rings. The summed E-state index contributed by atoms with van der Waals surface area (Å²) in [6.45, 7) is 3.45. The Morgan fingerprint density at radius 2 is 1.81 bits per heavy atom. The first kappa shape index (κ1) is 17.5. The van der Waals surface area contributed by atoms with E-state index in [1.54, 1.807) is 15.7 Å². The smallest absolute Gasteiger partial charge is 0.195 e. The van der Waals surface area contributed by atoms with Crippen molar-refractivity contribution in [2.75, 3.05) is 26.0 Å². The molecule has 4 nitrogen and oxygen atoms in total. The third kappa shape index (κ3) is 4.12. The lowest BCUT2D eigenvalue weighted by Gasteiger charge is -2.38. The number of hydrogen-bond donors (Lipinski definition) is 0. The molecule has 0 aromatic heterocycles. The highest BCUT2D eigenvalue weighted by atomic mass is 35.5. The van der Waals surface area contributed by atoms with Gasteiger partial charge in [0, 0.05) is 32.1 Å². The molecule has 0 radical (unpaired) electrons. The Balaban J connectivity index is 1.98. The minimum absolute atomic E-state index is 0.175. The fourth-order valence-electron chi connectivity index (χ4n) is 3.65. The number of hydrogen-bond acceptors (Lipinski definition) is 2. The van der Waals surface area contributed by atoms with Gasteiger partial charge in [0.25, 0.3) is 10.2 Å².